The van der Waals surface area contributed by atoms with E-state index < -0.39 is 0 Å². The van der Waals surface area contributed by atoms with Crippen molar-refractivity contribution in [1.82, 2.24) is 9.97 Å². The molecule has 0 spiro atoms. The molecule has 3 nitrogen and oxygen atoms in total. The Balaban J connectivity index is 2.02. The molecule has 0 atom stereocenters. The number of rotatable bonds is 2. The van der Waals surface area contributed by atoms with Crippen LogP contribution in [0.3, 0.4) is 0 Å². The molecule has 2 aromatic rings. The van der Waals surface area contributed by atoms with Crippen LogP contribution in [0.5, 0.6) is 0 Å². The molecular weight excluding hydrogens is 198 g/mol. The van der Waals surface area contributed by atoms with Crippen molar-refractivity contribution in [2.45, 2.75) is 18.8 Å². The largest absolute Gasteiger partial charge is 0.397 e. The van der Waals surface area contributed by atoms with Crippen molar-refractivity contribution in [1.29, 1.82) is 0 Å². The van der Waals surface area contributed by atoms with Crippen molar-refractivity contribution in [2.24, 2.45) is 0 Å². The van der Waals surface area contributed by atoms with E-state index in [0.29, 0.717) is 5.92 Å². The second-order valence-electron chi connectivity index (χ2n) is 4.22. The molecular formula is C13H13N3. The van der Waals surface area contributed by atoms with Gasteiger partial charge in [-0.1, -0.05) is 0 Å². The van der Waals surface area contributed by atoms with Gasteiger partial charge >= 0.3 is 0 Å². The summed E-state index contributed by atoms with van der Waals surface area (Å²) in [7, 11) is 0. The van der Waals surface area contributed by atoms with Crippen LogP contribution in [0.1, 0.15) is 24.3 Å². The third-order valence-electron chi connectivity index (χ3n) is 2.94. The maximum Gasteiger partial charge on any atom is 0.0932 e. The first-order valence-corrected chi connectivity index (χ1v) is 5.50. The van der Waals surface area contributed by atoms with E-state index in [9.17, 15) is 0 Å². The molecule has 16 heavy (non-hydrogen) atoms. The molecule has 1 saturated carbocycles. The number of hydrogen-bond acceptors (Lipinski definition) is 3. The summed E-state index contributed by atoms with van der Waals surface area (Å²) >= 11 is 0. The summed E-state index contributed by atoms with van der Waals surface area (Å²) in [6.07, 6.45) is 8.01. The van der Waals surface area contributed by atoms with Crippen LogP contribution in [0.15, 0.2) is 36.8 Å². The van der Waals surface area contributed by atoms with Gasteiger partial charge in [0, 0.05) is 24.2 Å². The monoisotopic (exact) mass is 211 g/mol. The van der Waals surface area contributed by atoms with Crippen LogP contribution in [-0.4, -0.2) is 9.97 Å². The van der Waals surface area contributed by atoms with E-state index in [1.807, 2.05) is 18.3 Å². The van der Waals surface area contributed by atoms with E-state index in [1.54, 1.807) is 12.4 Å². The fourth-order valence-electron chi connectivity index (χ4n) is 1.89. The number of nitrogens with zero attached hydrogens (tertiary/aromatic N) is 2. The molecule has 0 aliphatic heterocycles. The molecule has 1 aliphatic carbocycles. The standard InChI is InChI=1S/C13H13N3/c14-12-7-11(9-1-2-9)8-16-13(12)10-3-5-15-6-4-10/h3-9H,1-2,14H2. The maximum atomic E-state index is 6.04. The van der Waals surface area contributed by atoms with Gasteiger partial charge in [-0.3, -0.25) is 9.97 Å². The minimum absolute atomic E-state index is 0.696. The third kappa shape index (κ3) is 1.65. The zero-order chi connectivity index (χ0) is 11.0. The summed E-state index contributed by atoms with van der Waals surface area (Å²) in [6, 6.07) is 5.91. The highest BCUT2D eigenvalue weighted by Crippen LogP contribution is 2.41. The average molecular weight is 211 g/mol. The van der Waals surface area contributed by atoms with E-state index in [1.165, 1.54) is 18.4 Å². The lowest BCUT2D eigenvalue weighted by molar-refractivity contribution is 1.10. The SMILES string of the molecule is Nc1cc(C2CC2)cnc1-c1ccncc1. The fourth-order valence-corrected chi connectivity index (χ4v) is 1.89. The Hall–Kier alpha value is -1.90. The minimum atomic E-state index is 0.696. The van der Waals surface area contributed by atoms with Gasteiger partial charge in [0.1, 0.15) is 0 Å². The molecule has 0 unspecified atom stereocenters. The third-order valence-corrected chi connectivity index (χ3v) is 2.94. The van der Waals surface area contributed by atoms with Gasteiger partial charge < -0.3 is 5.73 Å². The van der Waals surface area contributed by atoms with Gasteiger partial charge in [-0.2, -0.15) is 0 Å². The molecule has 0 bridgehead atoms. The first kappa shape index (κ1) is 9.33. The molecule has 3 heteroatoms. The second-order valence-corrected chi connectivity index (χ2v) is 4.22. The summed E-state index contributed by atoms with van der Waals surface area (Å²) in [5, 5.41) is 0. The van der Waals surface area contributed by atoms with Gasteiger partial charge in [-0.05, 0) is 42.5 Å². The highest BCUT2D eigenvalue weighted by Gasteiger charge is 2.24. The summed E-state index contributed by atoms with van der Waals surface area (Å²) in [4.78, 5) is 8.44. The van der Waals surface area contributed by atoms with Gasteiger partial charge in [0.15, 0.2) is 0 Å². The number of pyridine rings is 2. The molecule has 2 aromatic heterocycles. The molecule has 0 radical (unpaired) electrons. The van der Waals surface area contributed by atoms with Crippen molar-refractivity contribution in [3.63, 3.8) is 0 Å². The quantitative estimate of drug-likeness (QED) is 0.830. The Morgan fingerprint density at radius 2 is 1.94 bits per heavy atom. The van der Waals surface area contributed by atoms with Crippen molar-refractivity contribution >= 4 is 5.69 Å². The first-order valence-electron chi connectivity index (χ1n) is 5.50. The lowest BCUT2D eigenvalue weighted by Crippen LogP contribution is -1.95. The molecule has 0 amide bonds. The van der Waals surface area contributed by atoms with Crippen LogP contribution >= 0.6 is 0 Å². The van der Waals surface area contributed by atoms with Crippen LogP contribution in [-0.2, 0) is 0 Å². The second kappa shape index (κ2) is 3.59. The molecule has 0 aromatic carbocycles. The number of anilines is 1. The molecule has 2 heterocycles. The predicted octanol–water partition coefficient (Wildman–Crippen LogP) is 2.60. The normalized spacial score (nSPS) is 15.0. The zero-order valence-electron chi connectivity index (χ0n) is 8.93. The number of nitrogen functional groups attached to an aromatic ring is 1. The topological polar surface area (TPSA) is 51.8 Å². The van der Waals surface area contributed by atoms with Gasteiger partial charge in [0.25, 0.3) is 0 Å². The molecule has 1 fully saturated rings. The Morgan fingerprint density at radius 1 is 1.19 bits per heavy atom. The summed E-state index contributed by atoms with van der Waals surface area (Å²) in [5.41, 5.74) is 9.95. The van der Waals surface area contributed by atoms with E-state index in [0.717, 1.165) is 16.9 Å². The van der Waals surface area contributed by atoms with E-state index >= 15 is 0 Å². The molecule has 1 aliphatic rings. The Morgan fingerprint density at radius 3 is 2.56 bits per heavy atom. The Labute approximate surface area is 94.4 Å². The molecule has 3 rings (SSSR count). The Bertz CT molecular complexity index is 504. The van der Waals surface area contributed by atoms with Crippen molar-refractivity contribution in [3.8, 4) is 11.3 Å². The van der Waals surface area contributed by atoms with E-state index in [2.05, 4.69) is 16.0 Å². The van der Waals surface area contributed by atoms with Gasteiger partial charge in [0.2, 0.25) is 0 Å². The van der Waals surface area contributed by atoms with E-state index in [4.69, 9.17) is 5.73 Å². The van der Waals surface area contributed by atoms with Crippen LogP contribution in [0.25, 0.3) is 11.3 Å². The van der Waals surface area contributed by atoms with Gasteiger partial charge in [0.05, 0.1) is 11.4 Å². The highest BCUT2D eigenvalue weighted by molar-refractivity contribution is 5.72. The number of hydrogen-bond donors (Lipinski definition) is 1. The van der Waals surface area contributed by atoms with Crippen LogP contribution in [0, 0.1) is 0 Å². The molecule has 80 valence electrons. The predicted molar refractivity (Wildman–Crippen MR) is 63.9 cm³/mol. The van der Waals surface area contributed by atoms with Crippen molar-refractivity contribution < 1.29 is 0 Å². The van der Waals surface area contributed by atoms with Crippen LogP contribution in [0.2, 0.25) is 0 Å². The molecule has 0 saturated heterocycles. The minimum Gasteiger partial charge on any atom is -0.397 e. The summed E-state index contributed by atoms with van der Waals surface area (Å²) in [6.45, 7) is 0. The van der Waals surface area contributed by atoms with Crippen LogP contribution < -0.4 is 5.73 Å². The summed E-state index contributed by atoms with van der Waals surface area (Å²) in [5.74, 6) is 0.696. The average Bonchev–Trinajstić information content (AvgIpc) is 3.14. The van der Waals surface area contributed by atoms with Crippen LogP contribution in [0.4, 0.5) is 5.69 Å². The lowest BCUT2D eigenvalue weighted by atomic mass is 10.1. The number of nitrogens with two attached hydrogens (primary N) is 1. The smallest absolute Gasteiger partial charge is 0.0932 e. The van der Waals surface area contributed by atoms with Crippen molar-refractivity contribution in [3.05, 3.63) is 42.4 Å². The fraction of sp³-hybridized carbons (Fsp3) is 0.231. The van der Waals surface area contributed by atoms with E-state index in [-0.39, 0.29) is 0 Å². The highest BCUT2D eigenvalue weighted by atomic mass is 14.7. The number of aromatic nitrogens is 2. The lowest BCUT2D eigenvalue weighted by Gasteiger charge is -2.06. The molecule has 2 N–H and O–H groups in total. The van der Waals surface area contributed by atoms with Crippen molar-refractivity contribution in [2.75, 3.05) is 5.73 Å². The van der Waals surface area contributed by atoms with Gasteiger partial charge in [-0.25, -0.2) is 0 Å². The maximum absolute atomic E-state index is 6.04. The Kier molecular flexibility index (Phi) is 2.10. The van der Waals surface area contributed by atoms with Gasteiger partial charge in [-0.15, -0.1) is 0 Å². The first-order chi connectivity index (χ1) is 7.84. The zero-order valence-corrected chi connectivity index (χ0v) is 8.93. The summed E-state index contributed by atoms with van der Waals surface area (Å²) < 4.78 is 0.